The van der Waals surface area contributed by atoms with Gasteiger partial charge >= 0.3 is 0 Å². The molecule has 12 heteroatoms. The van der Waals surface area contributed by atoms with Gasteiger partial charge in [-0.05, 0) is 55.5 Å². The number of carbonyl (C=O) groups is 4. The van der Waals surface area contributed by atoms with Gasteiger partial charge in [-0.1, -0.05) is 24.2 Å². The highest BCUT2D eigenvalue weighted by atomic mass is 35.5. The molecule has 1 heterocycles. The Labute approximate surface area is 252 Å². The van der Waals surface area contributed by atoms with Gasteiger partial charge in [0, 0.05) is 49.4 Å². The van der Waals surface area contributed by atoms with Gasteiger partial charge in [0.05, 0.1) is 28.9 Å². The molecule has 1 fully saturated rings. The van der Waals surface area contributed by atoms with Crippen molar-refractivity contribution in [2.45, 2.75) is 13.0 Å². The van der Waals surface area contributed by atoms with Gasteiger partial charge in [-0.25, -0.2) is 8.78 Å². The van der Waals surface area contributed by atoms with Gasteiger partial charge in [-0.2, -0.15) is 0 Å². The van der Waals surface area contributed by atoms with Crippen LogP contribution in [0.4, 0.5) is 14.5 Å². The third-order valence-electron chi connectivity index (χ3n) is 7.14. The fourth-order valence-corrected chi connectivity index (χ4v) is 5.19. The van der Waals surface area contributed by atoms with Gasteiger partial charge in [0.2, 0.25) is 5.91 Å². The summed E-state index contributed by atoms with van der Waals surface area (Å²) in [4.78, 5) is 54.2. The smallest absolute Gasteiger partial charge is 0.256 e. The highest BCUT2D eigenvalue weighted by Gasteiger charge is 2.34. The quantitative estimate of drug-likeness (QED) is 0.375. The maximum absolute atomic E-state index is 16.5. The Morgan fingerprint density at radius 2 is 1.67 bits per heavy atom. The lowest BCUT2D eigenvalue weighted by Gasteiger charge is -2.39. The minimum atomic E-state index is -1.15. The molecular weight excluding hydrogens is 582 g/mol. The van der Waals surface area contributed by atoms with Crippen molar-refractivity contribution in [1.82, 2.24) is 15.1 Å². The number of amides is 4. The van der Waals surface area contributed by atoms with E-state index in [-0.39, 0.29) is 58.9 Å². The van der Waals surface area contributed by atoms with E-state index in [0.29, 0.717) is 5.56 Å². The summed E-state index contributed by atoms with van der Waals surface area (Å²) in [6, 6.07) is 10.2. The predicted molar refractivity (Wildman–Crippen MR) is 158 cm³/mol. The Balaban J connectivity index is 1.81. The molecule has 3 aromatic rings. The zero-order chi connectivity index (χ0) is 31.4. The Morgan fingerprint density at radius 1 is 1.02 bits per heavy atom. The third kappa shape index (κ3) is 6.21. The van der Waals surface area contributed by atoms with E-state index >= 15 is 8.78 Å². The molecule has 1 atom stereocenters. The predicted octanol–water partition coefficient (Wildman–Crippen LogP) is 4.76. The number of halogens is 3. The number of hydrogen-bond donors (Lipinski definition) is 2. The number of nitrogens with zero attached hydrogens (tertiary/aromatic N) is 2. The standard InChI is InChI=1S/C31H29ClF2N4O5/c1-5-24(39)37-13-14-38(17(2)16-37)31(42)20-15-21(32)25(26-22(33)7-6-8-23(26)43-4)27(34)28(20)36-30(41)19-11-9-18(10-12-19)29(40)35-3/h5-12,15,17H,1,13-14,16H2,2-4H3,(H,35,40)(H,36,41)/t17-/m0/s1. The number of benzene rings is 3. The number of carbonyl (C=O) groups excluding carboxylic acids is 4. The second-order valence-electron chi connectivity index (χ2n) is 9.73. The van der Waals surface area contributed by atoms with Gasteiger partial charge in [0.1, 0.15) is 11.6 Å². The number of nitrogens with one attached hydrogen (secondary N) is 2. The molecule has 1 aliphatic heterocycles. The molecule has 0 aliphatic carbocycles. The van der Waals surface area contributed by atoms with E-state index in [9.17, 15) is 19.2 Å². The monoisotopic (exact) mass is 610 g/mol. The summed E-state index contributed by atoms with van der Waals surface area (Å²) in [6.07, 6.45) is 1.18. The fourth-order valence-electron chi connectivity index (χ4n) is 4.90. The molecule has 43 heavy (non-hydrogen) atoms. The average molecular weight is 611 g/mol. The van der Waals surface area contributed by atoms with Crippen LogP contribution in [0.15, 0.2) is 61.2 Å². The van der Waals surface area contributed by atoms with Crippen LogP contribution in [-0.4, -0.2) is 73.3 Å². The van der Waals surface area contributed by atoms with Crippen LogP contribution in [0.2, 0.25) is 5.02 Å². The average Bonchev–Trinajstić information content (AvgIpc) is 3.01. The Kier molecular flexibility index (Phi) is 9.45. The van der Waals surface area contributed by atoms with Gasteiger partial charge in [-0.3, -0.25) is 19.2 Å². The molecule has 224 valence electrons. The van der Waals surface area contributed by atoms with E-state index in [4.69, 9.17) is 16.3 Å². The van der Waals surface area contributed by atoms with Crippen molar-refractivity contribution in [3.63, 3.8) is 0 Å². The molecule has 4 amide bonds. The Hall–Kier alpha value is -4.77. The summed E-state index contributed by atoms with van der Waals surface area (Å²) in [5, 5.41) is 4.65. The Morgan fingerprint density at radius 3 is 2.26 bits per heavy atom. The second kappa shape index (κ2) is 13.0. The van der Waals surface area contributed by atoms with E-state index in [1.165, 1.54) is 72.5 Å². The third-order valence-corrected chi connectivity index (χ3v) is 7.44. The van der Waals surface area contributed by atoms with Crippen LogP contribution in [0.25, 0.3) is 11.1 Å². The lowest BCUT2D eigenvalue weighted by atomic mass is 9.98. The molecule has 0 radical (unpaired) electrons. The first-order chi connectivity index (χ1) is 20.5. The normalized spacial score (nSPS) is 14.6. The fraction of sp³-hybridized carbons (Fsp3) is 0.226. The number of piperazine rings is 1. The van der Waals surface area contributed by atoms with Gasteiger partial charge in [0.15, 0.2) is 5.82 Å². The molecule has 3 aromatic carbocycles. The van der Waals surface area contributed by atoms with E-state index in [1.807, 2.05) is 0 Å². The Bertz CT molecular complexity index is 1610. The van der Waals surface area contributed by atoms with E-state index in [0.717, 1.165) is 6.07 Å². The van der Waals surface area contributed by atoms with Gasteiger partial charge < -0.3 is 25.2 Å². The number of ether oxygens (including phenoxy) is 1. The first kappa shape index (κ1) is 31.2. The molecule has 2 N–H and O–H groups in total. The van der Waals surface area contributed by atoms with Crippen LogP contribution in [0.5, 0.6) is 5.75 Å². The molecule has 0 spiro atoms. The lowest BCUT2D eigenvalue weighted by molar-refractivity contribution is -0.128. The molecule has 1 saturated heterocycles. The van der Waals surface area contributed by atoms with Crippen molar-refractivity contribution in [1.29, 1.82) is 0 Å². The number of rotatable bonds is 7. The summed E-state index contributed by atoms with van der Waals surface area (Å²) in [7, 11) is 2.75. The van der Waals surface area contributed by atoms with Crippen molar-refractivity contribution in [3.05, 3.63) is 94.5 Å². The minimum Gasteiger partial charge on any atom is -0.496 e. The van der Waals surface area contributed by atoms with E-state index < -0.39 is 40.7 Å². The molecule has 0 aromatic heterocycles. The van der Waals surface area contributed by atoms with Crippen LogP contribution in [-0.2, 0) is 4.79 Å². The molecule has 4 rings (SSSR count). The molecule has 0 bridgehead atoms. The largest absolute Gasteiger partial charge is 0.496 e. The second-order valence-corrected chi connectivity index (χ2v) is 10.1. The van der Waals surface area contributed by atoms with Gasteiger partial charge in [0.25, 0.3) is 17.7 Å². The zero-order valence-corrected chi connectivity index (χ0v) is 24.4. The summed E-state index contributed by atoms with van der Waals surface area (Å²) < 4.78 is 36.8. The molecule has 0 saturated carbocycles. The SMILES string of the molecule is C=CC(=O)N1CCN(C(=O)c2cc(Cl)c(-c3c(F)cccc3OC)c(F)c2NC(=O)c2ccc(C(=O)NC)cc2)[C@@H](C)C1. The first-order valence-electron chi connectivity index (χ1n) is 13.2. The zero-order valence-electron chi connectivity index (χ0n) is 23.7. The number of anilines is 1. The van der Waals surface area contributed by atoms with Crippen LogP contribution in [0.3, 0.4) is 0 Å². The maximum atomic E-state index is 16.5. The highest BCUT2D eigenvalue weighted by molar-refractivity contribution is 6.34. The number of hydrogen-bond acceptors (Lipinski definition) is 5. The molecular formula is C31H29ClF2N4O5. The van der Waals surface area contributed by atoms with Crippen molar-refractivity contribution < 1.29 is 32.7 Å². The highest BCUT2D eigenvalue weighted by Crippen LogP contribution is 2.43. The molecule has 1 aliphatic rings. The van der Waals surface area contributed by atoms with E-state index in [1.54, 1.807) is 6.92 Å². The van der Waals surface area contributed by atoms with Crippen molar-refractivity contribution in [3.8, 4) is 16.9 Å². The van der Waals surface area contributed by atoms with Crippen LogP contribution < -0.4 is 15.4 Å². The van der Waals surface area contributed by atoms with Crippen LogP contribution >= 0.6 is 11.6 Å². The summed E-state index contributed by atoms with van der Waals surface area (Å²) in [5.74, 6) is -4.10. The molecule has 9 nitrogen and oxygen atoms in total. The topological polar surface area (TPSA) is 108 Å². The van der Waals surface area contributed by atoms with Crippen LogP contribution in [0.1, 0.15) is 38.0 Å². The maximum Gasteiger partial charge on any atom is 0.256 e. The lowest BCUT2D eigenvalue weighted by Crippen LogP contribution is -2.55. The van der Waals surface area contributed by atoms with E-state index in [2.05, 4.69) is 17.2 Å². The van der Waals surface area contributed by atoms with Crippen LogP contribution in [0, 0.1) is 11.6 Å². The number of methoxy groups -OCH3 is 1. The van der Waals surface area contributed by atoms with Crippen molar-refractivity contribution in [2.24, 2.45) is 0 Å². The summed E-state index contributed by atoms with van der Waals surface area (Å²) in [5.41, 5.74) is -1.13. The summed E-state index contributed by atoms with van der Waals surface area (Å²) >= 11 is 6.51. The molecule has 0 unspecified atom stereocenters. The summed E-state index contributed by atoms with van der Waals surface area (Å²) in [6.45, 7) is 5.75. The van der Waals surface area contributed by atoms with Crippen molar-refractivity contribution in [2.75, 3.05) is 39.1 Å². The van der Waals surface area contributed by atoms with Crippen molar-refractivity contribution >= 4 is 40.9 Å². The van der Waals surface area contributed by atoms with Gasteiger partial charge in [-0.15, -0.1) is 0 Å². The first-order valence-corrected chi connectivity index (χ1v) is 13.6. The minimum absolute atomic E-state index is 0.0152.